The van der Waals surface area contributed by atoms with E-state index in [0.29, 0.717) is 5.69 Å². The minimum Gasteiger partial charge on any atom is -0.480 e. The Kier molecular flexibility index (Phi) is 5.15. The topological polar surface area (TPSA) is 95.1 Å². The van der Waals surface area contributed by atoms with Crippen molar-refractivity contribution in [2.24, 2.45) is 5.92 Å². The maximum Gasteiger partial charge on any atom is 0.326 e. The van der Waals surface area contributed by atoms with Crippen molar-refractivity contribution >= 4 is 11.9 Å². The number of aliphatic carboxylic acids is 1. The van der Waals surface area contributed by atoms with Gasteiger partial charge < -0.3 is 15.4 Å². The monoisotopic (exact) mass is 279 g/mol. The van der Waals surface area contributed by atoms with E-state index in [2.05, 4.69) is 15.3 Å². The highest BCUT2D eigenvalue weighted by Crippen LogP contribution is 2.23. The molecule has 1 amide bonds. The largest absolute Gasteiger partial charge is 0.480 e. The lowest BCUT2D eigenvalue weighted by atomic mass is 9.98. The van der Waals surface area contributed by atoms with Crippen LogP contribution in [0.2, 0.25) is 0 Å². The number of carboxylic acids is 1. The minimum atomic E-state index is -1.01. The highest BCUT2D eigenvalue weighted by atomic mass is 16.4. The first-order valence-corrected chi connectivity index (χ1v) is 7.17. The summed E-state index contributed by atoms with van der Waals surface area (Å²) in [5, 5.41) is 11.9. The average molecular weight is 279 g/mol. The molecule has 0 aromatic carbocycles. The summed E-state index contributed by atoms with van der Waals surface area (Å²) in [5.74, 6) is -1.18. The van der Waals surface area contributed by atoms with Crippen molar-refractivity contribution in [1.82, 2.24) is 15.3 Å². The van der Waals surface area contributed by atoms with E-state index in [4.69, 9.17) is 0 Å². The molecular weight excluding hydrogens is 258 g/mol. The summed E-state index contributed by atoms with van der Waals surface area (Å²) in [7, 11) is 0. The van der Waals surface area contributed by atoms with Crippen LogP contribution in [0.5, 0.6) is 0 Å². The molecule has 1 unspecified atom stereocenters. The summed E-state index contributed by atoms with van der Waals surface area (Å²) in [4.78, 5) is 30.2. The SMILES string of the molecule is O=C(NC(Cc1cnc[nH]1)C(=O)O)C1CCCCCC1. The minimum absolute atomic E-state index is 0.0406. The molecule has 3 N–H and O–H groups in total. The number of rotatable bonds is 5. The molecule has 1 fully saturated rings. The highest BCUT2D eigenvalue weighted by Gasteiger charge is 2.26. The molecular formula is C14H21N3O3. The van der Waals surface area contributed by atoms with Gasteiger partial charge >= 0.3 is 5.97 Å². The standard InChI is InChI=1S/C14H21N3O3/c18-13(10-5-3-1-2-4-6-10)17-12(14(19)20)7-11-8-15-9-16-11/h8-10,12H,1-7H2,(H,15,16)(H,17,18)(H,19,20). The second-order valence-electron chi connectivity index (χ2n) is 5.37. The first kappa shape index (κ1) is 14.6. The molecule has 0 aliphatic heterocycles. The maximum atomic E-state index is 12.2. The summed E-state index contributed by atoms with van der Waals surface area (Å²) in [5.41, 5.74) is 0.707. The second kappa shape index (κ2) is 7.07. The van der Waals surface area contributed by atoms with E-state index >= 15 is 0 Å². The van der Waals surface area contributed by atoms with Crippen molar-refractivity contribution in [1.29, 1.82) is 0 Å². The van der Waals surface area contributed by atoms with Crippen LogP contribution in [-0.4, -0.2) is 33.0 Å². The molecule has 2 rings (SSSR count). The van der Waals surface area contributed by atoms with E-state index in [9.17, 15) is 14.7 Å². The number of hydrogen-bond acceptors (Lipinski definition) is 3. The number of carboxylic acid groups (broad SMARTS) is 1. The summed E-state index contributed by atoms with van der Waals surface area (Å²) in [6, 6.07) is -0.897. The maximum absolute atomic E-state index is 12.2. The van der Waals surface area contributed by atoms with Gasteiger partial charge in [0.2, 0.25) is 5.91 Å². The number of imidazole rings is 1. The van der Waals surface area contributed by atoms with E-state index in [1.54, 1.807) is 6.20 Å². The fourth-order valence-corrected chi connectivity index (χ4v) is 2.65. The van der Waals surface area contributed by atoms with Gasteiger partial charge in [0.1, 0.15) is 6.04 Å². The van der Waals surface area contributed by atoms with Crippen LogP contribution in [-0.2, 0) is 16.0 Å². The first-order chi connectivity index (χ1) is 9.66. The van der Waals surface area contributed by atoms with Crippen molar-refractivity contribution in [3.63, 3.8) is 0 Å². The number of amides is 1. The van der Waals surface area contributed by atoms with E-state index in [0.717, 1.165) is 25.7 Å². The molecule has 110 valence electrons. The zero-order valence-electron chi connectivity index (χ0n) is 11.5. The third-order valence-corrected chi connectivity index (χ3v) is 3.82. The van der Waals surface area contributed by atoms with Crippen molar-refractivity contribution in [2.45, 2.75) is 51.0 Å². The van der Waals surface area contributed by atoms with Gasteiger partial charge in [0.15, 0.2) is 0 Å². The van der Waals surface area contributed by atoms with Gasteiger partial charge in [0, 0.05) is 24.2 Å². The van der Waals surface area contributed by atoms with E-state index in [1.807, 2.05) is 0 Å². The number of H-pyrrole nitrogens is 1. The van der Waals surface area contributed by atoms with Gasteiger partial charge in [-0.25, -0.2) is 9.78 Å². The van der Waals surface area contributed by atoms with Gasteiger partial charge in [-0.1, -0.05) is 25.7 Å². The predicted molar refractivity (Wildman–Crippen MR) is 73.1 cm³/mol. The fourth-order valence-electron chi connectivity index (χ4n) is 2.65. The van der Waals surface area contributed by atoms with Gasteiger partial charge in [-0.3, -0.25) is 4.79 Å². The number of nitrogens with one attached hydrogen (secondary N) is 2. The van der Waals surface area contributed by atoms with Crippen LogP contribution < -0.4 is 5.32 Å². The molecule has 0 radical (unpaired) electrons. The number of carbonyl (C=O) groups is 2. The average Bonchev–Trinajstić information content (AvgIpc) is 2.77. The molecule has 0 saturated heterocycles. The first-order valence-electron chi connectivity index (χ1n) is 7.17. The molecule has 1 saturated carbocycles. The molecule has 1 aliphatic carbocycles. The van der Waals surface area contributed by atoms with Crippen molar-refractivity contribution in [3.05, 3.63) is 18.2 Å². The lowest BCUT2D eigenvalue weighted by Crippen LogP contribution is -2.45. The summed E-state index contributed by atoms with van der Waals surface area (Å²) in [6.07, 6.45) is 9.47. The molecule has 1 aliphatic rings. The summed E-state index contributed by atoms with van der Waals surface area (Å²) in [6.45, 7) is 0. The zero-order chi connectivity index (χ0) is 14.4. The van der Waals surface area contributed by atoms with E-state index < -0.39 is 12.0 Å². The molecule has 1 aromatic rings. The molecule has 1 aromatic heterocycles. The second-order valence-corrected chi connectivity index (χ2v) is 5.37. The molecule has 6 heteroatoms. The number of aromatic amines is 1. The molecule has 6 nitrogen and oxygen atoms in total. The van der Waals surface area contributed by atoms with Gasteiger partial charge in [-0.15, -0.1) is 0 Å². The molecule has 1 atom stereocenters. The lowest BCUT2D eigenvalue weighted by Gasteiger charge is -2.18. The van der Waals surface area contributed by atoms with Crippen LogP contribution in [0.3, 0.4) is 0 Å². The highest BCUT2D eigenvalue weighted by molar-refractivity contribution is 5.85. The fraction of sp³-hybridized carbons (Fsp3) is 0.643. The smallest absolute Gasteiger partial charge is 0.326 e. The molecule has 20 heavy (non-hydrogen) atoms. The summed E-state index contributed by atoms with van der Waals surface area (Å²) < 4.78 is 0. The molecule has 0 spiro atoms. The van der Waals surface area contributed by atoms with Gasteiger partial charge in [0.25, 0.3) is 0 Å². The van der Waals surface area contributed by atoms with Gasteiger partial charge in [0.05, 0.1) is 6.33 Å². The predicted octanol–water partition coefficient (Wildman–Crippen LogP) is 1.49. The van der Waals surface area contributed by atoms with Crippen LogP contribution in [0.4, 0.5) is 0 Å². The van der Waals surface area contributed by atoms with Crippen LogP contribution in [0, 0.1) is 5.92 Å². The van der Waals surface area contributed by atoms with Crippen molar-refractivity contribution < 1.29 is 14.7 Å². The number of aromatic nitrogens is 2. The quantitative estimate of drug-likeness (QED) is 0.712. The Balaban J connectivity index is 1.93. The van der Waals surface area contributed by atoms with Crippen molar-refractivity contribution in [3.8, 4) is 0 Å². The Morgan fingerprint density at radius 1 is 1.35 bits per heavy atom. The number of nitrogens with zero attached hydrogens (tertiary/aromatic N) is 1. The Morgan fingerprint density at radius 3 is 2.60 bits per heavy atom. The Hall–Kier alpha value is -1.85. The van der Waals surface area contributed by atoms with Crippen LogP contribution in [0.1, 0.15) is 44.2 Å². The lowest BCUT2D eigenvalue weighted by molar-refractivity contribution is -0.142. The molecule has 1 heterocycles. The van der Waals surface area contributed by atoms with E-state index in [1.165, 1.54) is 19.2 Å². The van der Waals surface area contributed by atoms with E-state index in [-0.39, 0.29) is 18.2 Å². The zero-order valence-corrected chi connectivity index (χ0v) is 11.5. The van der Waals surface area contributed by atoms with Gasteiger partial charge in [-0.2, -0.15) is 0 Å². The van der Waals surface area contributed by atoms with Gasteiger partial charge in [-0.05, 0) is 12.8 Å². The normalized spacial score (nSPS) is 18.2. The Morgan fingerprint density at radius 2 is 2.05 bits per heavy atom. The number of hydrogen-bond donors (Lipinski definition) is 3. The van der Waals surface area contributed by atoms with Crippen LogP contribution >= 0.6 is 0 Å². The van der Waals surface area contributed by atoms with Crippen LogP contribution in [0.25, 0.3) is 0 Å². The Labute approximate surface area is 118 Å². The van der Waals surface area contributed by atoms with Crippen molar-refractivity contribution in [2.75, 3.05) is 0 Å². The third-order valence-electron chi connectivity index (χ3n) is 3.82. The Bertz CT molecular complexity index is 437. The number of carbonyl (C=O) groups excluding carboxylic acids is 1. The van der Waals surface area contributed by atoms with Crippen LogP contribution in [0.15, 0.2) is 12.5 Å². The summed E-state index contributed by atoms with van der Waals surface area (Å²) >= 11 is 0. The molecule has 0 bridgehead atoms. The third kappa shape index (κ3) is 4.08.